The number of halogens is 3. The maximum atomic E-state index is 12.5. The van der Waals surface area contributed by atoms with E-state index in [0.717, 1.165) is 31.6 Å². The van der Waals surface area contributed by atoms with Crippen molar-refractivity contribution in [2.24, 2.45) is 0 Å². The number of hydrogen-bond donors (Lipinski definition) is 0. The second-order valence-electron chi connectivity index (χ2n) is 7.85. The molecule has 0 bridgehead atoms. The number of unbranched alkanes of at least 4 members (excludes halogenated alkanes) is 1. The minimum Gasteiger partial charge on any atom is -0.487 e. The van der Waals surface area contributed by atoms with E-state index in [9.17, 15) is 17.4 Å². The molecule has 0 aliphatic carbocycles. The van der Waals surface area contributed by atoms with Gasteiger partial charge in [0.2, 0.25) is 5.89 Å². The Bertz CT molecular complexity index is 1290. The van der Waals surface area contributed by atoms with Gasteiger partial charge in [-0.25, -0.2) is 9.19 Å². The lowest BCUT2D eigenvalue weighted by molar-refractivity contribution is -0.0384. The molecule has 4 rings (SSSR count). The fourth-order valence-corrected chi connectivity index (χ4v) is 3.98. The first-order chi connectivity index (χ1) is 17.4. The van der Waals surface area contributed by atoms with Gasteiger partial charge in [0.1, 0.15) is 24.3 Å². The molecule has 0 N–H and O–H groups in total. The van der Waals surface area contributed by atoms with Crippen LogP contribution in [-0.2, 0) is 30.4 Å². The monoisotopic (exact) mass is 516 g/mol. The number of aromatic nitrogens is 4. The van der Waals surface area contributed by atoms with Crippen LogP contribution in [0.3, 0.4) is 0 Å². The summed E-state index contributed by atoms with van der Waals surface area (Å²) in [7, 11) is -3.05. The van der Waals surface area contributed by atoms with E-state index in [1.807, 2.05) is 35.1 Å². The van der Waals surface area contributed by atoms with Crippen LogP contribution in [-0.4, -0.2) is 29.7 Å². The minimum absolute atomic E-state index is 0.229. The molecule has 1 unspecified atom stereocenters. The zero-order valence-corrected chi connectivity index (χ0v) is 19.9. The Hall–Kier alpha value is -3.73. The summed E-state index contributed by atoms with van der Waals surface area (Å²) >= 11 is 0. The van der Waals surface area contributed by atoms with Gasteiger partial charge in [-0.3, -0.25) is 4.68 Å². The second-order valence-corrected chi connectivity index (χ2v) is 9.32. The number of alkyl halides is 3. The molecule has 0 amide bonds. The van der Waals surface area contributed by atoms with E-state index in [2.05, 4.69) is 15.3 Å². The normalized spacial score (nSPS) is 12.8. The van der Waals surface area contributed by atoms with Gasteiger partial charge in [-0.05, 0) is 60.7 Å². The molecule has 2 heterocycles. The molecule has 4 aromatic rings. The standard InChI is InChI=1S/C25H23F3N4O3S/c26-25(27,28)36(33)23-11-6-20(7-12-23)8-13-24-30-21(18-35-24)17-34-22-9-4-19(5-10-22)3-1-2-15-32-16-14-29-31-32/h4-14,16,18H,1-3,15,17H2. The second kappa shape index (κ2) is 11.8. The van der Waals surface area contributed by atoms with Crippen molar-refractivity contribution in [2.75, 3.05) is 0 Å². The van der Waals surface area contributed by atoms with Crippen molar-refractivity contribution in [3.05, 3.63) is 89.9 Å². The summed E-state index contributed by atoms with van der Waals surface area (Å²) in [5.41, 5.74) is -2.34. The molecule has 11 heteroatoms. The van der Waals surface area contributed by atoms with E-state index in [1.165, 1.54) is 36.1 Å². The summed E-state index contributed by atoms with van der Waals surface area (Å²) in [6.07, 6.45) is 11.3. The Morgan fingerprint density at radius 2 is 1.81 bits per heavy atom. The van der Waals surface area contributed by atoms with E-state index in [4.69, 9.17) is 9.15 Å². The summed E-state index contributed by atoms with van der Waals surface area (Å²) in [6.45, 7) is 1.08. The fraction of sp³-hybridized carbons (Fsp3) is 0.240. The van der Waals surface area contributed by atoms with E-state index in [1.54, 1.807) is 18.3 Å². The van der Waals surface area contributed by atoms with Gasteiger partial charge in [0, 0.05) is 23.7 Å². The SMILES string of the molecule is O=S(c1ccc(C=Cc2nc(COc3ccc(CCCCn4ccnn4)cc3)co2)cc1)C(F)(F)F. The van der Waals surface area contributed by atoms with Gasteiger partial charge in [0.05, 0.1) is 6.20 Å². The van der Waals surface area contributed by atoms with Gasteiger partial charge in [-0.15, -0.1) is 5.10 Å². The predicted molar refractivity (Wildman–Crippen MR) is 128 cm³/mol. The number of benzene rings is 2. The molecule has 0 spiro atoms. The summed E-state index contributed by atoms with van der Waals surface area (Å²) in [5, 5.41) is 7.74. The van der Waals surface area contributed by atoms with Crippen molar-refractivity contribution in [1.29, 1.82) is 0 Å². The van der Waals surface area contributed by atoms with E-state index in [-0.39, 0.29) is 11.5 Å². The molecule has 1 atom stereocenters. The Morgan fingerprint density at radius 3 is 2.50 bits per heavy atom. The Balaban J connectivity index is 1.22. The summed E-state index contributed by atoms with van der Waals surface area (Å²) in [5.74, 6) is 1.05. The van der Waals surface area contributed by atoms with Crippen LogP contribution < -0.4 is 4.74 Å². The van der Waals surface area contributed by atoms with Crippen LogP contribution in [0.5, 0.6) is 5.75 Å². The average molecular weight is 517 g/mol. The molecule has 2 aromatic heterocycles. The van der Waals surface area contributed by atoms with Crippen LogP contribution in [0.2, 0.25) is 0 Å². The lowest BCUT2D eigenvalue weighted by Gasteiger charge is -2.06. The molecule has 2 aromatic carbocycles. The van der Waals surface area contributed by atoms with Crippen LogP contribution >= 0.6 is 0 Å². The Morgan fingerprint density at radius 1 is 1.03 bits per heavy atom. The number of nitrogens with zero attached hydrogens (tertiary/aromatic N) is 4. The van der Waals surface area contributed by atoms with Crippen molar-refractivity contribution < 1.29 is 26.5 Å². The van der Waals surface area contributed by atoms with Crippen molar-refractivity contribution in [3.8, 4) is 5.75 Å². The molecule has 188 valence electrons. The van der Waals surface area contributed by atoms with E-state index in [0.29, 0.717) is 17.1 Å². The summed E-state index contributed by atoms with van der Waals surface area (Å²) < 4.78 is 62.0. The molecule has 36 heavy (non-hydrogen) atoms. The molecule has 0 radical (unpaired) electrons. The maximum Gasteiger partial charge on any atom is 0.475 e. The largest absolute Gasteiger partial charge is 0.487 e. The third-order valence-corrected chi connectivity index (χ3v) is 6.30. The van der Waals surface area contributed by atoms with Gasteiger partial charge in [0.15, 0.2) is 10.8 Å². The van der Waals surface area contributed by atoms with Crippen LogP contribution in [0.25, 0.3) is 12.2 Å². The first kappa shape index (κ1) is 25.4. The van der Waals surface area contributed by atoms with Crippen LogP contribution in [0.15, 0.2) is 76.5 Å². The highest BCUT2D eigenvalue weighted by molar-refractivity contribution is 7.86. The number of ether oxygens (including phenoxy) is 1. The third kappa shape index (κ3) is 7.38. The molecule has 7 nitrogen and oxygen atoms in total. The average Bonchev–Trinajstić information content (AvgIpc) is 3.56. The highest BCUT2D eigenvalue weighted by Gasteiger charge is 2.37. The van der Waals surface area contributed by atoms with Crippen LogP contribution in [0.1, 0.15) is 35.6 Å². The van der Waals surface area contributed by atoms with Crippen LogP contribution in [0.4, 0.5) is 13.2 Å². The Kier molecular flexibility index (Phi) is 8.32. The number of rotatable bonds is 11. The zero-order chi connectivity index (χ0) is 25.4. The molecular weight excluding hydrogens is 493 g/mol. The van der Waals surface area contributed by atoms with Gasteiger partial charge in [0.25, 0.3) is 0 Å². The first-order valence-electron chi connectivity index (χ1n) is 11.1. The van der Waals surface area contributed by atoms with E-state index < -0.39 is 16.3 Å². The summed E-state index contributed by atoms with van der Waals surface area (Å²) in [4.78, 5) is 4.02. The van der Waals surface area contributed by atoms with Gasteiger partial charge < -0.3 is 9.15 Å². The van der Waals surface area contributed by atoms with Crippen molar-refractivity contribution in [2.45, 2.75) is 42.8 Å². The van der Waals surface area contributed by atoms with Crippen LogP contribution in [0, 0.1) is 0 Å². The maximum absolute atomic E-state index is 12.5. The molecule has 0 aliphatic heterocycles. The Labute approximate surface area is 208 Å². The van der Waals surface area contributed by atoms with Gasteiger partial charge in [-0.2, -0.15) is 13.2 Å². The lowest BCUT2D eigenvalue weighted by atomic mass is 10.1. The molecule has 0 saturated heterocycles. The van der Waals surface area contributed by atoms with Crippen molar-refractivity contribution >= 4 is 23.0 Å². The third-order valence-electron chi connectivity index (χ3n) is 5.18. The highest BCUT2D eigenvalue weighted by Crippen LogP contribution is 2.26. The zero-order valence-electron chi connectivity index (χ0n) is 19.1. The molecule has 0 aliphatic rings. The molecule has 0 saturated carbocycles. The molecular formula is C25H23F3N4O3S. The highest BCUT2D eigenvalue weighted by atomic mass is 32.2. The number of aryl methyl sites for hydroxylation is 2. The lowest BCUT2D eigenvalue weighted by Crippen LogP contribution is -2.16. The number of hydrogen-bond acceptors (Lipinski definition) is 6. The van der Waals surface area contributed by atoms with E-state index >= 15 is 0 Å². The predicted octanol–water partition coefficient (Wildman–Crippen LogP) is 5.67. The molecule has 0 fully saturated rings. The quantitative estimate of drug-likeness (QED) is 0.239. The topological polar surface area (TPSA) is 83.0 Å². The first-order valence-corrected chi connectivity index (χ1v) is 12.3. The minimum atomic E-state index is -4.78. The van der Waals surface area contributed by atoms with Gasteiger partial charge in [-0.1, -0.05) is 29.5 Å². The fourth-order valence-electron chi connectivity index (χ4n) is 3.33. The van der Waals surface area contributed by atoms with Crippen molar-refractivity contribution in [1.82, 2.24) is 20.0 Å². The smallest absolute Gasteiger partial charge is 0.475 e. The summed E-state index contributed by atoms with van der Waals surface area (Å²) in [6, 6.07) is 13.2. The number of oxazole rings is 1. The van der Waals surface area contributed by atoms with Gasteiger partial charge >= 0.3 is 5.51 Å². The van der Waals surface area contributed by atoms with Crippen molar-refractivity contribution in [3.63, 3.8) is 0 Å².